The molecular weight excluding hydrogens is 540 g/mol. The fourth-order valence-electron chi connectivity index (χ4n) is 3.42. The topological polar surface area (TPSA) is 232 Å². The minimum atomic E-state index is -1.76. The fraction of sp³-hybridized carbons (Fsp3) is 0.529. The number of carbonyl (C=O) groups excluding carboxylic acids is 3. The van der Waals surface area contributed by atoms with Crippen LogP contribution in [0.4, 0.5) is 4.79 Å². The molecule has 16 nitrogen and oxygen atoms in total. The lowest BCUT2D eigenvalue weighted by atomic mass is 9.98. The van der Waals surface area contributed by atoms with Crippen LogP contribution in [0, 0.1) is 0 Å². The van der Waals surface area contributed by atoms with Gasteiger partial charge in [-0.05, 0) is 22.9 Å². The van der Waals surface area contributed by atoms with Crippen LogP contribution in [0.5, 0.6) is 0 Å². The Morgan fingerprint density at radius 3 is 2.69 bits per heavy atom. The highest BCUT2D eigenvalue weighted by atomic mass is 32.2. The summed E-state index contributed by atoms with van der Waals surface area (Å²) in [7, 11) is 1.23. The van der Waals surface area contributed by atoms with Crippen LogP contribution in [0.3, 0.4) is 0 Å². The smallest absolute Gasteiger partial charge is 0.352 e. The Hall–Kier alpha value is -3.03. The first-order valence-corrected chi connectivity index (χ1v) is 13.1. The van der Waals surface area contributed by atoms with E-state index in [2.05, 4.69) is 26.2 Å². The SMILES string of the molecule is CO[C@@]1(NC(=O)CSC(C)NC(N)=O)C(=O)N2C(C(=O)O)=C(CSc3nnnn3CC(=O)O)CS[C@@H]21. The van der Waals surface area contributed by atoms with E-state index in [4.69, 9.17) is 15.6 Å². The Balaban J connectivity index is 1.72. The number of nitrogens with two attached hydrogens (primary N) is 1. The molecule has 0 aliphatic carbocycles. The van der Waals surface area contributed by atoms with Gasteiger partial charge >= 0.3 is 18.0 Å². The van der Waals surface area contributed by atoms with Crippen LogP contribution in [-0.4, -0.2) is 106 Å². The number of carboxylic acid groups (broad SMARTS) is 2. The monoisotopic (exact) mass is 562 g/mol. The molecule has 3 rings (SSSR count). The van der Waals surface area contributed by atoms with Gasteiger partial charge in [0, 0.05) is 18.6 Å². The first-order valence-electron chi connectivity index (χ1n) is 10.0. The van der Waals surface area contributed by atoms with Gasteiger partial charge in [-0.25, -0.2) is 14.3 Å². The number of β-lactam (4-membered cyclic amide) rings is 1. The number of primary amides is 1. The van der Waals surface area contributed by atoms with Crippen LogP contribution >= 0.6 is 35.3 Å². The molecule has 1 aromatic heterocycles. The maximum atomic E-state index is 13.1. The summed E-state index contributed by atoms with van der Waals surface area (Å²) in [6.45, 7) is 1.17. The highest BCUT2D eigenvalue weighted by molar-refractivity contribution is 8.01. The fourth-order valence-corrected chi connectivity index (χ4v) is 6.55. The number of nitrogens with zero attached hydrogens (tertiary/aromatic N) is 5. The zero-order chi connectivity index (χ0) is 26.6. The van der Waals surface area contributed by atoms with Crippen molar-refractivity contribution in [2.75, 3.05) is 24.4 Å². The summed E-state index contributed by atoms with van der Waals surface area (Å²) >= 11 is 3.31. The van der Waals surface area contributed by atoms with Gasteiger partial charge in [-0.1, -0.05) is 11.8 Å². The second-order valence-corrected chi connectivity index (χ2v) is 10.7. The summed E-state index contributed by atoms with van der Waals surface area (Å²) in [4.78, 5) is 60.6. The van der Waals surface area contributed by atoms with Gasteiger partial charge < -0.3 is 31.3 Å². The number of rotatable bonds is 12. The van der Waals surface area contributed by atoms with E-state index in [0.29, 0.717) is 5.57 Å². The van der Waals surface area contributed by atoms with Gasteiger partial charge in [0.05, 0.1) is 11.1 Å². The standard InChI is InChI=1S/C17H22N8O8S3/c1-7(19-15(18)32)34-6-9(26)20-17(33-2)13(31)25-11(12(29)30)8(4-35-14(17)25)5-36-16-21-22-23-24(16)3-10(27)28/h7,14H,3-6H2,1-2H3,(H,20,26)(H,27,28)(H,29,30)(H3,18,19,32)/t7?,14-,17+/m1/s1. The average molecular weight is 563 g/mol. The number of carbonyl (C=O) groups is 5. The molecule has 0 spiro atoms. The molecular formula is C17H22N8O8S3. The summed E-state index contributed by atoms with van der Waals surface area (Å²) in [6.07, 6.45) is 0. The third kappa shape index (κ3) is 5.68. The van der Waals surface area contributed by atoms with Gasteiger partial charge in [-0.3, -0.25) is 19.3 Å². The maximum absolute atomic E-state index is 13.1. The van der Waals surface area contributed by atoms with E-state index in [1.165, 1.54) is 18.9 Å². The number of amides is 4. The van der Waals surface area contributed by atoms with Gasteiger partial charge in [0.25, 0.3) is 11.6 Å². The molecule has 36 heavy (non-hydrogen) atoms. The minimum absolute atomic E-state index is 0.0822. The lowest BCUT2D eigenvalue weighted by Gasteiger charge is -2.55. The Morgan fingerprint density at radius 1 is 1.36 bits per heavy atom. The van der Waals surface area contributed by atoms with Crippen molar-refractivity contribution in [3.63, 3.8) is 0 Å². The van der Waals surface area contributed by atoms with Crippen molar-refractivity contribution < 1.29 is 38.9 Å². The summed E-state index contributed by atoms with van der Waals surface area (Å²) < 4.78 is 6.44. The molecule has 3 heterocycles. The van der Waals surface area contributed by atoms with Crippen molar-refractivity contribution in [2.45, 2.75) is 35.1 Å². The van der Waals surface area contributed by atoms with Crippen molar-refractivity contribution in [1.29, 1.82) is 0 Å². The van der Waals surface area contributed by atoms with E-state index in [1.807, 2.05) is 0 Å². The number of thioether (sulfide) groups is 3. The van der Waals surface area contributed by atoms with Crippen molar-refractivity contribution in [1.82, 2.24) is 35.7 Å². The normalized spacial score (nSPS) is 21.9. The highest BCUT2D eigenvalue weighted by Crippen LogP contribution is 2.47. The van der Waals surface area contributed by atoms with Gasteiger partial charge in [0.2, 0.25) is 11.1 Å². The van der Waals surface area contributed by atoms with E-state index in [0.717, 1.165) is 33.1 Å². The predicted molar refractivity (Wildman–Crippen MR) is 126 cm³/mol. The number of carboxylic acids is 2. The molecule has 196 valence electrons. The van der Waals surface area contributed by atoms with Crippen molar-refractivity contribution in [2.24, 2.45) is 5.73 Å². The van der Waals surface area contributed by atoms with Crippen molar-refractivity contribution >= 4 is 65.1 Å². The zero-order valence-electron chi connectivity index (χ0n) is 18.9. The first-order chi connectivity index (χ1) is 17.0. The number of urea groups is 1. The Morgan fingerprint density at radius 2 is 2.08 bits per heavy atom. The molecule has 1 fully saturated rings. The Bertz CT molecular complexity index is 1110. The van der Waals surface area contributed by atoms with Gasteiger partial charge in [0.15, 0.2) is 0 Å². The number of aliphatic carboxylic acids is 2. The number of aromatic nitrogens is 4. The molecule has 4 amide bonds. The van der Waals surface area contributed by atoms with E-state index in [1.54, 1.807) is 6.92 Å². The lowest BCUT2D eigenvalue weighted by Crippen LogP contribution is -2.80. The quantitative estimate of drug-likeness (QED) is 0.109. The van der Waals surface area contributed by atoms with E-state index < -0.39 is 52.8 Å². The zero-order valence-corrected chi connectivity index (χ0v) is 21.3. The molecule has 1 unspecified atom stereocenters. The lowest BCUT2D eigenvalue weighted by molar-refractivity contribution is -0.192. The molecule has 6 N–H and O–H groups in total. The molecule has 2 aliphatic rings. The molecule has 3 atom stereocenters. The summed E-state index contributed by atoms with van der Waals surface area (Å²) in [6, 6.07) is -0.743. The maximum Gasteiger partial charge on any atom is 0.352 e. The van der Waals surface area contributed by atoms with Crippen molar-refractivity contribution in [3.8, 4) is 0 Å². The largest absolute Gasteiger partial charge is 0.480 e. The molecule has 0 saturated carbocycles. The van der Waals surface area contributed by atoms with Crippen molar-refractivity contribution in [3.05, 3.63) is 11.3 Å². The number of methoxy groups -OCH3 is 1. The number of hydrogen-bond acceptors (Lipinski definition) is 12. The first kappa shape index (κ1) is 27.6. The van der Waals surface area contributed by atoms with E-state index in [9.17, 15) is 29.1 Å². The third-order valence-corrected chi connectivity index (χ3v) is 8.39. The molecule has 0 radical (unpaired) electrons. The second kappa shape index (κ2) is 11.4. The number of hydrogen-bond donors (Lipinski definition) is 5. The average Bonchev–Trinajstić information content (AvgIpc) is 3.24. The number of tetrazole rings is 1. The summed E-state index contributed by atoms with van der Waals surface area (Å²) in [5.74, 6) is -3.64. The second-order valence-electron chi connectivity index (χ2n) is 7.35. The number of ether oxygens (including phenoxy) is 1. The van der Waals surface area contributed by atoms with Gasteiger partial charge in [0.1, 0.15) is 17.6 Å². The number of fused-ring (bicyclic) bond motifs is 1. The molecule has 0 bridgehead atoms. The highest BCUT2D eigenvalue weighted by Gasteiger charge is 2.66. The minimum Gasteiger partial charge on any atom is -0.480 e. The van der Waals surface area contributed by atoms with Gasteiger partial charge in [-0.15, -0.1) is 28.6 Å². The Labute approximate surface area is 216 Å². The van der Waals surface area contributed by atoms with Crippen LogP contribution < -0.4 is 16.4 Å². The van der Waals surface area contributed by atoms with E-state index >= 15 is 0 Å². The molecule has 19 heteroatoms. The number of nitrogens with one attached hydrogen (secondary N) is 2. The molecule has 1 aromatic rings. The predicted octanol–water partition coefficient (Wildman–Crippen LogP) is -1.69. The molecule has 0 aromatic carbocycles. The van der Waals surface area contributed by atoms with Crippen LogP contribution in [0.25, 0.3) is 0 Å². The third-order valence-electron chi connectivity index (χ3n) is 4.93. The summed E-state index contributed by atoms with van der Waals surface area (Å²) in [5.41, 5.74) is 3.44. The summed E-state index contributed by atoms with van der Waals surface area (Å²) in [5, 5.41) is 33.4. The molecule has 2 aliphatic heterocycles. The van der Waals surface area contributed by atoms with Crippen LogP contribution in [0.2, 0.25) is 0 Å². The Kier molecular flexibility index (Phi) is 8.69. The van der Waals surface area contributed by atoms with Gasteiger partial charge in [-0.2, -0.15) is 0 Å². The van der Waals surface area contributed by atoms with Crippen LogP contribution in [0.15, 0.2) is 16.4 Å². The van der Waals surface area contributed by atoms with Crippen LogP contribution in [0.1, 0.15) is 6.92 Å². The van der Waals surface area contributed by atoms with Crippen LogP contribution in [-0.2, 0) is 30.5 Å². The van der Waals surface area contributed by atoms with E-state index in [-0.39, 0.29) is 28.1 Å². The molecule has 1 saturated heterocycles.